The van der Waals surface area contributed by atoms with Gasteiger partial charge in [-0.25, -0.2) is 4.79 Å². The normalized spacial score (nSPS) is 18.7. The molecule has 1 fully saturated rings. The maximum atomic E-state index is 13.0. The van der Waals surface area contributed by atoms with Gasteiger partial charge in [-0.05, 0) is 35.1 Å². The summed E-state index contributed by atoms with van der Waals surface area (Å²) in [6.45, 7) is 2.99. The second-order valence-corrected chi connectivity index (χ2v) is 8.63. The summed E-state index contributed by atoms with van der Waals surface area (Å²) in [6, 6.07) is 15.7. The van der Waals surface area contributed by atoms with E-state index in [1.54, 1.807) is 0 Å². The van der Waals surface area contributed by atoms with Crippen molar-refractivity contribution in [3.8, 4) is 11.1 Å². The van der Waals surface area contributed by atoms with Crippen LogP contribution in [0.1, 0.15) is 43.2 Å². The van der Waals surface area contributed by atoms with Crippen molar-refractivity contribution in [3.05, 3.63) is 59.7 Å². The summed E-state index contributed by atoms with van der Waals surface area (Å²) in [5.74, 6) is -1.31. The average molecular weight is 467 g/mol. The molecule has 1 aliphatic carbocycles. The van der Waals surface area contributed by atoms with Crippen LogP contribution < -0.4 is 5.32 Å². The van der Waals surface area contributed by atoms with Gasteiger partial charge in [0.2, 0.25) is 0 Å². The summed E-state index contributed by atoms with van der Waals surface area (Å²) in [4.78, 5) is 38.1. The number of ether oxygens (including phenoxy) is 2. The van der Waals surface area contributed by atoms with Crippen LogP contribution in [0.25, 0.3) is 11.1 Å². The van der Waals surface area contributed by atoms with E-state index in [0.29, 0.717) is 26.0 Å². The average Bonchev–Trinajstić information content (AvgIpc) is 3.42. The number of nitrogens with zero attached hydrogens (tertiary/aromatic N) is 1. The molecule has 2 atom stereocenters. The molecule has 2 aromatic carbocycles. The Bertz CT molecular complexity index is 1010. The maximum Gasteiger partial charge on any atom is 0.407 e. The second-order valence-electron chi connectivity index (χ2n) is 8.63. The van der Waals surface area contributed by atoms with E-state index < -0.39 is 24.2 Å². The zero-order valence-electron chi connectivity index (χ0n) is 19.2. The van der Waals surface area contributed by atoms with Crippen molar-refractivity contribution in [2.45, 2.75) is 44.2 Å². The first kappa shape index (κ1) is 23.8. The Kier molecular flexibility index (Phi) is 7.47. The van der Waals surface area contributed by atoms with Crippen LogP contribution in [0.15, 0.2) is 48.5 Å². The highest BCUT2D eigenvalue weighted by Gasteiger charge is 2.38. The number of benzene rings is 2. The zero-order chi connectivity index (χ0) is 24.1. The summed E-state index contributed by atoms with van der Waals surface area (Å²) in [5.41, 5.74) is 4.56. The van der Waals surface area contributed by atoms with Gasteiger partial charge in [-0.2, -0.15) is 0 Å². The molecule has 8 nitrogen and oxygen atoms in total. The number of carbonyl (C=O) groups excluding carboxylic acids is 2. The fourth-order valence-electron chi connectivity index (χ4n) is 4.78. The van der Waals surface area contributed by atoms with E-state index in [1.165, 1.54) is 4.90 Å². The van der Waals surface area contributed by atoms with E-state index in [2.05, 4.69) is 29.6 Å². The third-order valence-electron chi connectivity index (χ3n) is 6.38. The molecule has 0 spiro atoms. The number of carboxylic acids is 1. The smallest absolute Gasteiger partial charge is 0.407 e. The minimum Gasteiger partial charge on any atom is -0.481 e. The molecule has 2 amide bonds. The van der Waals surface area contributed by atoms with Crippen molar-refractivity contribution < 1.29 is 29.0 Å². The van der Waals surface area contributed by atoms with E-state index in [1.807, 2.05) is 31.2 Å². The first-order chi connectivity index (χ1) is 16.5. The number of amides is 2. The van der Waals surface area contributed by atoms with Crippen LogP contribution in [0.3, 0.4) is 0 Å². The van der Waals surface area contributed by atoms with Crippen LogP contribution in [0, 0.1) is 0 Å². The number of aliphatic carboxylic acids is 1. The molecule has 180 valence electrons. The second kappa shape index (κ2) is 10.7. The van der Waals surface area contributed by atoms with Gasteiger partial charge >= 0.3 is 12.1 Å². The highest BCUT2D eigenvalue weighted by atomic mass is 16.6. The first-order valence-corrected chi connectivity index (χ1v) is 11.7. The molecule has 1 heterocycles. The number of carbonyl (C=O) groups is 3. The lowest BCUT2D eigenvalue weighted by molar-refractivity contribution is -0.143. The highest BCUT2D eigenvalue weighted by molar-refractivity contribution is 5.83. The zero-order valence-corrected chi connectivity index (χ0v) is 19.2. The predicted molar refractivity (Wildman–Crippen MR) is 125 cm³/mol. The molecular formula is C26H30N2O6. The van der Waals surface area contributed by atoms with Gasteiger partial charge in [-0.3, -0.25) is 9.59 Å². The lowest BCUT2D eigenvalue weighted by atomic mass is 9.98. The predicted octanol–water partition coefficient (Wildman–Crippen LogP) is 3.40. The number of nitrogens with one attached hydrogen (secondary N) is 1. The van der Waals surface area contributed by atoms with Gasteiger partial charge in [0.05, 0.1) is 12.5 Å². The quantitative estimate of drug-likeness (QED) is 0.587. The molecular weight excluding hydrogens is 436 g/mol. The maximum absolute atomic E-state index is 13.0. The Balaban J connectivity index is 1.37. The lowest BCUT2D eigenvalue weighted by Crippen LogP contribution is -2.50. The molecule has 2 N–H and O–H groups in total. The summed E-state index contributed by atoms with van der Waals surface area (Å²) in [7, 11) is 0. The third kappa shape index (κ3) is 5.07. The Hall–Kier alpha value is -3.39. The van der Waals surface area contributed by atoms with Gasteiger partial charge in [0.1, 0.15) is 6.61 Å². The van der Waals surface area contributed by atoms with Gasteiger partial charge in [0, 0.05) is 25.6 Å². The third-order valence-corrected chi connectivity index (χ3v) is 6.38. The Morgan fingerprint density at radius 1 is 1.06 bits per heavy atom. The number of fused-ring (bicyclic) bond motifs is 3. The van der Waals surface area contributed by atoms with Crippen molar-refractivity contribution in [3.63, 3.8) is 0 Å². The monoisotopic (exact) mass is 466 g/mol. The number of rotatable bonds is 9. The minimum atomic E-state index is -0.963. The van der Waals surface area contributed by atoms with Gasteiger partial charge < -0.3 is 24.8 Å². The molecule has 0 saturated carbocycles. The van der Waals surface area contributed by atoms with Gasteiger partial charge in [-0.15, -0.1) is 0 Å². The fourth-order valence-corrected chi connectivity index (χ4v) is 4.78. The lowest BCUT2D eigenvalue weighted by Gasteiger charge is -2.27. The Labute approximate surface area is 198 Å². The molecule has 0 radical (unpaired) electrons. The van der Waals surface area contributed by atoms with E-state index in [4.69, 9.17) is 14.6 Å². The molecule has 2 aliphatic rings. The molecule has 0 bridgehead atoms. The Morgan fingerprint density at radius 3 is 2.32 bits per heavy atom. The molecule has 2 aromatic rings. The Morgan fingerprint density at radius 2 is 1.71 bits per heavy atom. The van der Waals surface area contributed by atoms with Gasteiger partial charge in [0.15, 0.2) is 6.10 Å². The van der Waals surface area contributed by atoms with Crippen LogP contribution in [0.4, 0.5) is 4.79 Å². The van der Waals surface area contributed by atoms with Crippen molar-refractivity contribution in [2.24, 2.45) is 0 Å². The topological polar surface area (TPSA) is 105 Å². The molecule has 0 unspecified atom stereocenters. The fraction of sp³-hybridized carbons (Fsp3) is 0.423. The number of carboxylic acid groups (broad SMARTS) is 1. The highest BCUT2D eigenvalue weighted by Crippen LogP contribution is 2.44. The summed E-state index contributed by atoms with van der Waals surface area (Å²) in [5, 5.41) is 11.8. The van der Waals surface area contributed by atoms with Crippen molar-refractivity contribution >= 4 is 18.0 Å². The summed E-state index contributed by atoms with van der Waals surface area (Å²) >= 11 is 0. The van der Waals surface area contributed by atoms with Gasteiger partial charge in [0.25, 0.3) is 5.91 Å². The van der Waals surface area contributed by atoms with E-state index in [0.717, 1.165) is 22.3 Å². The molecule has 34 heavy (non-hydrogen) atoms. The first-order valence-electron chi connectivity index (χ1n) is 11.7. The standard InChI is InChI=1S/C26H30N2O6/c1-2-13-28(14-11-23(29)30)25(31)24-22(12-15-33-24)27-26(32)34-16-21-19-9-5-3-7-17(19)18-8-4-6-10-20(18)21/h3-10,21-22,24H,2,11-16H2,1H3,(H,27,32)(H,29,30)/t22-,24+/m1/s1. The SMILES string of the molecule is CCCN(CCC(=O)O)C(=O)[C@H]1OCC[C@H]1NC(=O)OCC1c2ccccc2-c2ccccc21. The van der Waals surface area contributed by atoms with E-state index >= 15 is 0 Å². The van der Waals surface area contributed by atoms with Crippen molar-refractivity contribution in [1.29, 1.82) is 0 Å². The molecule has 8 heteroatoms. The van der Waals surface area contributed by atoms with Crippen LogP contribution in [-0.2, 0) is 19.1 Å². The van der Waals surface area contributed by atoms with Crippen molar-refractivity contribution in [2.75, 3.05) is 26.3 Å². The van der Waals surface area contributed by atoms with Crippen molar-refractivity contribution in [1.82, 2.24) is 10.2 Å². The summed E-state index contributed by atoms with van der Waals surface area (Å²) in [6.07, 6.45) is -0.395. The van der Waals surface area contributed by atoms with E-state index in [9.17, 15) is 14.4 Å². The van der Waals surface area contributed by atoms with E-state index in [-0.39, 0.29) is 31.4 Å². The summed E-state index contributed by atoms with van der Waals surface area (Å²) < 4.78 is 11.2. The number of alkyl carbamates (subject to hydrolysis) is 1. The molecule has 1 aliphatic heterocycles. The van der Waals surface area contributed by atoms with Gasteiger partial charge in [-0.1, -0.05) is 55.5 Å². The molecule has 0 aromatic heterocycles. The van der Waals surface area contributed by atoms with Crippen LogP contribution >= 0.6 is 0 Å². The largest absolute Gasteiger partial charge is 0.481 e. The minimum absolute atomic E-state index is 0.0496. The number of hydrogen-bond acceptors (Lipinski definition) is 5. The number of hydrogen-bond donors (Lipinski definition) is 2. The molecule has 4 rings (SSSR count). The van der Waals surface area contributed by atoms with Crippen LogP contribution in [0.2, 0.25) is 0 Å². The van der Waals surface area contributed by atoms with Crippen LogP contribution in [-0.4, -0.2) is 66.4 Å². The molecule has 1 saturated heterocycles. The van der Waals surface area contributed by atoms with Crippen LogP contribution in [0.5, 0.6) is 0 Å².